The molecule has 0 saturated carbocycles. The van der Waals surface area contributed by atoms with E-state index in [-0.39, 0.29) is 11.6 Å². The fourth-order valence-corrected chi connectivity index (χ4v) is 2.71. The number of rotatable bonds is 3. The molecule has 2 N–H and O–H groups in total. The van der Waals surface area contributed by atoms with Crippen molar-refractivity contribution in [1.82, 2.24) is 15.5 Å². The summed E-state index contributed by atoms with van der Waals surface area (Å²) < 4.78 is 25.2. The highest BCUT2D eigenvalue weighted by Gasteiger charge is 2.31. The SMILES string of the molecule is FC(F)c1cc([C@H]2CNC[C@@H]2c2ccccc2)[nH]n1. The number of benzene rings is 1. The fraction of sp³-hybridized carbons (Fsp3) is 0.357. The largest absolute Gasteiger partial charge is 0.315 e. The van der Waals surface area contributed by atoms with Gasteiger partial charge in [0.05, 0.1) is 0 Å². The molecule has 1 aromatic carbocycles. The summed E-state index contributed by atoms with van der Waals surface area (Å²) in [7, 11) is 0. The average Bonchev–Trinajstić information content (AvgIpc) is 3.08. The van der Waals surface area contributed by atoms with Gasteiger partial charge in [-0.3, -0.25) is 5.10 Å². The van der Waals surface area contributed by atoms with Crippen molar-refractivity contribution in [3.8, 4) is 0 Å². The van der Waals surface area contributed by atoms with E-state index < -0.39 is 6.43 Å². The molecular formula is C14H15F2N3. The lowest BCUT2D eigenvalue weighted by Crippen LogP contribution is -2.09. The van der Waals surface area contributed by atoms with Crippen LogP contribution in [0.1, 0.15) is 35.2 Å². The van der Waals surface area contributed by atoms with Crippen molar-refractivity contribution in [2.24, 2.45) is 0 Å². The first kappa shape index (κ1) is 12.3. The lowest BCUT2D eigenvalue weighted by molar-refractivity contribution is 0.146. The van der Waals surface area contributed by atoms with Gasteiger partial charge in [-0.1, -0.05) is 30.3 Å². The number of nitrogens with zero attached hydrogens (tertiary/aromatic N) is 1. The molecular weight excluding hydrogens is 248 g/mol. The summed E-state index contributed by atoms with van der Waals surface area (Å²) in [5, 5.41) is 9.77. The molecule has 2 heterocycles. The number of nitrogens with one attached hydrogen (secondary N) is 2. The van der Waals surface area contributed by atoms with Crippen LogP contribution in [0.5, 0.6) is 0 Å². The van der Waals surface area contributed by atoms with E-state index in [0.29, 0.717) is 5.92 Å². The van der Waals surface area contributed by atoms with Crippen LogP contribution >= 0.6 is 0 Å². The summed E-state index contributed by atoms with van der Waals surface area (Å²) in [6, 6.07) is 11.6. The second-order valence-corrected chi connectivity index (χ2v) is 4.83. The van der Waals surface area contributed by atoms with Gasteiger partial charge in [-0.25, -0.2) is 8.78 Å². The Morgan fingerprint density at radius 1 is 1.11 bits per heavy atom. The van der Waals surface area contributed by atoms with Crippen molar-refractivity contribution in [1.29, 1.82) is 0 Å². The molecule has 3 rings (SSSR count). The maximum absolute atomic E-state index is 12.6. The Morgan fingerprint density at radius 3 is 2.53 bits per heavy atom. The number of hydrogen-bond acceptors (Lipinski definition) is 2. The quantitative estimate of drug-likeness (QED) is 0.894. The summed E-state index contributed by atoms with van der Waals surface area (Å²) in [6.45, 7) is 1.64. The van der Waals surface area contributed by atoms with Gasteiger partial charge in [-0.15, -0.1) is 0 Å². The zero-order chi connectivity index (χ0) is 13.2. The number of alkyl halides is 2. The third-order valence-corrected chi connectivity index (χ3v) is 3.68. The lowest BCUT2D eigenvalue weighted by Gasteiger charge is -2.17. The molecule has 0 radical (unpaired) electrons. The van der Waals surface area contributed by atoms with E-state index in [9.17, 15) is 8.78 Å². The minimum atomic E-state index is -2.52. The van der Waals surface area contributed by atoms with Crippen LogP contribution in [0.4, 0.5) is 8.78 Å². The van der Waals surface area contributed by atoms with Crippen molar-refractivity contribution < 1.29 is 8.78 Å². The van der Waals surface area contributed by atoms with Gasteiger partial charge >= 0.3 is 0 Å². The van der Waals surface area contributed by atoms with E-state index in [1.807, 2.05) is 18.2 Å². The van der Waals surface area contributed by atoms with E-state index in [1.165, 1.54) is 11.6 Å². The van der Waals surface area contributed by atoms with Gasteiger partial charge in [0.15, 0.2) is 0 Å². The molecule has 19 heavy (non-hydrogen) atoms. The standard InChI is InChI=1S/C14H15F2N3/c15-14(16)13-6-12(18-19-13)11-8-17-7-10(11)9-4-2-1-3-5-9/h1-6,10-11,14,17H,7-8H2,(H,18,19)/t10-,11+/m1/s1. The molecule has 5 heteroatoms. The first-order valence-electron chi connectivity index (χ1n) is 6.34. The normalized spacial score (nSPS) is 23.1. The molecule has 1 saturated heterocycles. The first-order valence-corrected chi connectivity index (χ1v) is 6.34. The van der Waals surface area contributed by atoms with E-state index in [1.54, 1.807) is 0 Å². The Bertz CT molecular complexity index is 539. The fourth-order valence-electron chi connectivity index (χ4n) is 2.71. The smallest absolute Gasteiger partial charge is 0.282 e. The molecule has 0 spiro atoms. The molecule has 3 nitrogen and oxygen atoms in total. The molecule has 0 unspecified atom stereocenters. The third-order valence-electron chi connectivity index (χ3n) is 3.68. The Morgan fingerprint density at radius 2 is 1.84 bits per heavy atom. The van der Waals surface area contributed by atoms with Crippen LogP contribution in [0.15, 0.2) is 36.4 Å². The molecule has 0 amide bonds. The van der Waals surface area contributed by atoms with Gasteiger partial charge in [-0.05, 0) is 11.6 Å². The highest BCUT2D eigenvalue weighted by molar-refractivity contribution is 5.28. The summed E-state index contributed by atoms with van der Waals surface area (Å²) >= 11 is 0. The number of H-pyrrole nitrogens is 1. The highest BCUT2D eigenvalue weighted by atomic mass is 19.3. The molecule has 100 valence electrons. The summed E-state index contributed by atoms with van der Waals surface area (Å²) in [5.74, 6) is 0.467. The Kier molecular flexibility index (Phi) is 3.29. The molecule has 1 fully saturated rings. The zero-order valence-corrected chi connectivity index (χ0v) is 10.3. The zero-order valence-electron chi connectivity index (χ0n) is 10.3. The van der Waals surface area contributed by atoms with Gasteiger partial charge < -0.3 is 5.32 Å². The Labute approximate surface area is 110 Å². The van der Waals surface area contributed by atoms with Gasteiger partial charge in [-0.2, -0.15) is 5.10 Å². The third kappa shape index (κ3) is 2.38. The van der Waals surface area contributed by atoms with Gasteiger partial charge in [0.2, 0.25) is 0 Å². The van der Waals surface area contributed by atoms with Crippen LogP contribution in [-0.2, 0) is 0 Å². The lowest BCUT2D eigenvalue weighted by atomic mass is 9.87. The van der Waals surface area contributed by atoms with E-state index in [4.69, 9.17) is 0 Å². The molecule has 0 aliphatic carbocycles. The molecule has 1 aliphatic rings. The van der Waals surface area contributed by atoms with Crippen molar-refractivity contribution in [3.63, 3.8) is 0 Å². The summed E-state index contributed by atoms with van der Waals surface area (Å²) in [6.07, 6.45) is -2.52. The van der Waals surface area contributed by atoms with Crippen LogP contribution in [0.25, 0.3) is 0 Å². The topological polar surface area (TPSA) is 40.7 Å². The van der Waals surface area contributed by atoms with Crippen molar-refractivity contribution in [2.75, 3.05) is 13.1 Å². The van der Waals surface area contributed by atoms with Crippen molar-refractivity contribution in [2.45, 2.75) is 18.3 Å². The van der Waals surface area contributed by atoms with E-state index >= 15 is 0 Å². The minimum absolute atomic E-state index is 0.169. The van der Waals surface area contributed by atoms with Crippen molar-refractivity contribution in [3.05, 3.63) is 53.3 Å². The predicted molar refractivity (Wildman–Crippen MR) is 68.3 cm³/mol. The van der Waals surface area contributed by atoms with E-state index in [2.05, 4.69) is 27.6 Å². The van der Waals surface area contributed by atoms with Crippen molar-refractivity contribution >= 4 is 0 Å². The maximum atomic E-state index is 12.6. The second kappa shape index (κ2) is 5.09. The number of aromatic nitrogens is 2. The molecule has 2 aromatic rings. The molecule has 0 bridgehead atoms. The molecule has 2 atom stereocenters. The predicted octanol–water partition coefficient (Wildman–Crippen LogP) is 2.82. The van der Waals surface area contributed by atoms with Gasteiger partial charge in [0.25, 0.3) is 6.43 Å². The Hall–Kier alpha value is -1.75. The monoisotopic (exact) mass is 263 g/mol. The van der Waals surface area contributed by atoms with E-state index in [0.717, 1.165) is 18.8 Å². The molecule has 1 aliphatic heterocycles. The average molecular weight is 263 g/mol. The first-order chi connectivity index (χ1) is 9.25. The second-order valence-electron chi connectivity index (χ2n) is 4.83. The Balaban J connectivity index is 1.86. The number of aromatic amines is 1. The highest BCUT2D eigenvalue weighted by Crippen LogP contribution is 2.35. The maximum Gasteiger partial charge on any atom is 0.282 e. The molecule has 1 aromatic heterocycles. The van der Waals surface area contributed by atoms with Crippen LogP contribution in [0, 0.1) is 0 Å². The van der Waals surface area contributed by atoms with Gasteiger partial charge in [0.1, 0.15) is 5.69 Å². The van der Waals surface area contributed by atoms with Gasteiger partial charge in [0, 0.05) is 30.6 Å². The number of halogens is 2. The van der Waals surface area contributed by atoms with Crippen LogP contribution in [-0.4, -0.2) is 23.3 Å². The number of hydrogen-bond donors (Lipinski definition) is 2. The summed E-state index contributed by atoms with van der Waals surface area (Å²) in [5.41, 5.74) is 1.84. The minimum Gasteiger partial charge on any atom is -0.315 e. The van der Waals surface area contributed by atoms with Crippen LogP contribution < -0.4 is 5.32 Å². The van der Waals surface area contributed by atoms with Crippen LogP contribution in [0.2, 0.25) is 0 Å². The van der Waals surface area contributed by atoms with Crippen LogP contribution in [0.3, 0.4) is 0 Å². The summed E-state index contributed by atoms with van der Waals surface area (Å²) in [4.78, 5) is 0.